The van der Waals surface area contributed by atoms with Gasteiger partial charge in [0.2, 0.25) is 0 Å². The molecule has 88 valence electrons. The molecule has 0 bridgehead atoms. The summed E-state index contributed by atoms with van der Waals surface area (Å²) in [5.41, 5.74) is 0.292. The van der Waals surface area contributed by atoms with Crippen molar-refractivity contribution in [3.8, 4) is 11.5 Å². The van der Waals surface area contributed by atoms with E-state index in [4.69, 9.17) is 4.74 Å². The van der Waals surface area contributed by atoms with Crippen LogP contribution in [0.1, 0.15) is 33.3 Å². The van der Waals surface area contributed by atoms with E-state index in [-0.39, 0.29) is 11.5 Å². The van der Waals surface area contributed by atoms with E-state index in [0.717, 1.165) is 5.56 Å². The summed E-state index contributed by atoms with van der Waals surface area (Å²) in [5.74, 6) is 0.611. The van der Waals surface area contributed by atoms with Crippen LogP contribution in [0.15, 0.2) is 18.2 Å². The fourth-order valence-electron chi connectivity index (χ4n) is 1.38. The van der Waals surface area contributed by atoms with Crippen molar-refractivity contribution < 1.29 is 14.6 Å². The molecule has 0 radical (unpaired) electrons. The highest BCUT2D eigenvalue weighted by atomic mass is 16.5. The molecule has 1 rings (SSSR count). The van der Waals surface area contributed by atoms with Gasteiger partial charge in [-0.1, -0.05) is 6.07 Å². The van der Waals surface area contributed by atoms with Gasteiger partial charge >= 0.3 is 0 Å². The zero-order valence-corrected chi connectivity index (χ0v) is 10.2. The minimum atomic E-state index is -0.556. The summed E-state index contributed by atoms with van der Waals surface area (Å²) in [6.07, 6.45) is 0. The molecule has 3 heteroatoms. The number of Topliss-reactive ketones (excluding diaryl/α,β-unsaturated/α-hetero) is 1. The lowest BCUT2D eigenvalue weighted by Gasteiger charge is -2.22. The highest BCUT2D eigenvalue weighted by Crippen LogP contribution is 2.33. The molecule has 0 unspecified atom stereocenters. The van der Waals surface area contributed by atoms with Crippen LogP contribution in [-0.4, -0.2) is 17.5 Å². The number of rotatable bonds is 4. The van der Waals surface area contributed by atoms with Gasteiger partial charge in [0.15, 0.2) is 11.5 Å². The molecule has 16 heavy (non-hydrogen) atoms. The van der Waals surface area contributed by atoms with E-state index in [2.05, 4.69) is 0 Å². The minimum absolute atomic E-state index is 0.0839. The van der Waals surface area contributed by atoms with E-state index in [0.29, 0.717) is 12.4 Å². The number of hydrogen-bond donors (Lipinski definition) is 1. The van der Waals surface area contributed by atoms with Crippen LogP contribution in [0.25, 0.3) is 0 Å². The smallest absolute Gasteiger partial charge is 0.161 e. The fourth-order valence-corrected chi connectivity index (χ4v) is 1.38. The summed E-state index contributed by atoms with van der Waals surface area (Å²) in [5, 5.41) is 9.56. The van der Waals surface area contributed by atoms with Crippen LogP contribution in [0.2, 0.25) is 0 Å². The number of hydrogen-bond acceptors (Lipinski definition) is 3. The average molecular weight is 222 g/mol. The number of phenolic OH excluding ortho intramolecular Hbond substituents is 1. The molecule has 0 amide bonds. The lowest BCUT2D eigenvalue weighted by Crippen LogP contribution is -2.26. The van der Waals surface area contributed by atoms with Crippen LogP contribution in [0, 0.1) is 0 Å². The van der Waals surface area contributed by atoms with Gasteiger partial charge in [0.25, 0.3) is 0 Å². The number of ketones is 1. The highest BCUT2D eigenvalue weighted by molar-refractivity contribution is 5.87. The van der Waals surface area contributed by atoms with Crippen LogP contribution in [0.3, 0.4) is 0 Å². The Balaban J connectivity index is 3.17. The molecule has 1 aromatic carbocycles. The Hall–Kier alpha value is -1.51. The summed E-state index contributed by atoms with van der Waals surface area (Å²) in [7, 11) is 0. The maximum absolute atomic E-state index is 11.5. The van der Waals surface area contributed by atoms with Crippen molar-refractivity contribution >= 4 is 5.78 Å². The summed E-state index contributed by atoms with van der Waals surface area (Å²) in [6.45, 7) is 7.61. The van der Waals surface area contributed by atoms with Crippen LogP contribution in [0.5, 0.6) is 11.5 Å². The Bertz CT molecular complexity index is 394. The molecule has 0 aliphatic heterocycles. The molecule has 0 spiro atoms. The Kier molecular flexibility index (Phi) is 3.58. The lowest BCUT2D eigenvalue weighted by atomic mass is 9.81. The molecule has 3 nitrogen and oxygen atoms in total. The van der Waals surface area contributed by atoms with Gasteiger partial charge < -0.3 is 9.84 Å². The molecule has 1 N–H and O–H groups in total. The summed E-state index contributed by atoms with van der Waals surface area (Å²) >= 11 is 0. The summed E-state index contributed by atoms with van der Waals surface area (Å²) < 4.78 is 5.29. The van der Waals surface area contributed by atoms with E-state index in [1.807, 2.05) is 20.8 Å². The lowest BCUT2D eigenvalue weighted by molar-refractivity contribution is -0.121. The molecule has 0 aliphatic rings. The molecular weight excluding hydrogens is 204 g/mol. The largest absolute Gasteiger partial charge is 0.504 e. The molecule has 0 fully saturated rings. The Labute approximate surface area is 96.1 Å². The normalized spacial score (nSPS) is 11.2. The highest BCUT2D eigenvalue weighted by Gasteiger charge is 2.26. The van der Waals surface area contributed by atoms with Gasteiger partial charge in [-0.05, 0) is 45.4 Å². The number of ether oxygens (including phenoxy) is 1. The van der Waals surface area contributed by atoms with Gasteiger partial charge in [0.1, 0.15) is 5.78 Å². The van der Waals surface area contributed by atoms with Crippen LogP contribution >= 0.6 is 0 Å². The number of carbonyl (C=O) groups is 1. The molecule has 0 saturated heterocycles. The molecule has 0 aliphatic carbocycles. The molecular formula is C13H18O3. The van der Waals surface area contributed by atoms with E-state index in [1.54, 1.807) is 25.1 Å². The second-order valence-corrected chi connectivity index (χ2v) is 4.30. The number of benzene rings is 1. The third-order valence-electron chi connectivity index (χ3n) is 2.86. The van der Waals surface area contributed by atoms with Gasteiger partial charge in [-0.3, -0.25) is 4.79 Å². The van der Waals surface area contributed by atoms with E-state index < -0.39 is 5.41 Å². The van der Waals surface area contributed by atoms with Gasteiger partial charge in [0, 0.05) is 5.41 Å². The predicted octanol–water partition coefficient (Wildman–Crippen LogP) is 2.66. The molecule has 0 aromatic heterocycles. The summed E-state index contributed by atoms with van der Waals surface area (Å²) in [6, 6.07) is 5.03. The van der Waals surface area contributed by atoms with Gasteiger partial charge in [-0.2, -0.15) is 0 Å². The first-order valence-electron chi connectivity index (χ1n) is 5.37. The summed E-state index contributed by atoms with van der Waals surface area (Å²) in [4.78, 5) is 11.5. The topological polar surface area (TPSA) is 46.5 Å². The predicted molar refractivity (Wildman–Crippen MR) is 63.0 cm³/mol. The molecule has 1 aromatic rings. The fraction of sp³-hybridized carbons (Fsp3) is 0.462. The average Bonchev–Trinajstić information content (AvgIpc) is 2.21. The van der Waals surface area contributed by atoms with Crippen molar-refractivity contribution in [3.63, 3.8) is 0 Å². The van der Waals surface area contributed by atoms with E-state index >= 15 is 0 Å². The van der Waals surface area contributed by atoms with Crippen molar-refractivity contribution in [3.05, 3.63) is 23.8 Å². The Morgan fingerprint density at radius 2 is 2.06 bits per heavy atom. The van der Waals surface area contributed by atoms with Crippen molar-refractivity contribution in [2.45, 2.75) is 33.1 Å². The first-order valence-corrected chi connectivity index (χ1v) is 5.37. The maximum atomic E-state index is 11.5. The van der Waals surface area contributed by atoms with Crippen molar-refractivity contribution in [1.29, 1.82) is 0 Å². The van der Waals surface area contributed by atoms with Gasteiger partial charge in [-0.15, -0.1) is 0 Å². The van der Waals surface area contributed by atoms with E-state index in [1.165, 1.54) is 0 Å². The third-order valence-corrected chi connectivity index (χ3v) is 2.86. The van der Waals surface area contributed by atoms with Crippen LogP contribution in [0.4, 0.5) is 0 Å². The second kappa shape index (κ2) is 4.56. The minimum Gasteiger partial charge on any atom is -0.504 e. The second-order valence-electron chi connectivity index (χ2n) is 4.30. The third kappa shape index (κ3) is 2.35. The molecule has 0 atom stereocenters. The van der Waals surface area contributed by atoms with Crippen molar-refractivity contribution in [2.24, 2.45) is 0 Å². The zero-order chi connectivity index (χ0) is 12.3. The Morgan fingerprint density at radius 1 is 1.44 bits per heavy atom. The van der Waals surface area contributed by atoms with Crippen LogP contribution < -0.4 is 4.74 Å². The Morgan fingerprint density at radius 3 is 2.56 bits per heavy atom. The maximum Gasteiger partial charge on any atom is 0.161 e. The van der Waals surface area contributed by atoms with Crippen molar-refractivity contribution in [1.82, 2.24) is 0 Å². The van der Waals surface area contributed by atoms with Gasteiger partial charge in [0.05, 0.1) is 6.61 Å². The van der Waals surface area contributed by atoms with Crippen LogP contribution in [-0.2, 0) is 10.2 Å². The first kappa shape index (κ1) is 12.6. The SMILES string of the molecule is CCOc1cc(C(C)(C)C(C)=O)ccc1O. The quantitative estimate of drug-likeness (QED) is 0.851. The first-order chi connectivity index (χ1) is 7.39. The molecule has 0 heterocycles. The molecule has 0 saturated carbocycles. The number of carbonyl (C=O) groups excluding carboxylic acids is 1. The standard InChI is InChI=1S/C13H18O3/c1-5-16-12-8-10(6-7-11(12)15)13(3,4)9(2)14/h6-8,15H,5H2,1-4H3. The van der Waals surface area contributed by atoms with Gasteiger partial charge in [-0.25, -0.2) is 0 Å². The van der Waals surface area contributed by atoms with Crippen molar-refractivity contribution in [2.75, 3.05) is 6.61 Å². The monoisotopic (exact) mass is 222 g/mol. The van der Waals surface area contributed by atoms with E-state index in [9.17, 15) is 9.90 Å². The number of aromatic hydroxyl groups is 1. The number of phenols is 1. The zero-order valence-electron chi connectivity index (χ0n) is 10.2.